The molecule has 1 aromatic heterocycles. The van der Waals surface area contributed by atoms with E-state index in [4.69, 9.17) is 14.0 Å². The van der Waals surface area contributed by atoms with Crippen LogP contribution in [-0.2, 0) is 0 Å². The first kappa shape index (κ1) is 24.0. The molecular weight excluding hydrogens is 435 g/mol. The molecule has 0 atom stereocenters. The Morgan fingerprint density at radius 2 is 2.00 bits per heavy atom. The molecule has 1 aliphatic heterocycles. The van der Waals surface area contributed by atoms with Crippen LogP contribution in [0.5, 0.6) is 11.5 Å². The molecule has 1 saturated heterocycles. The Labute approximate surface area is 193 Å². The molecule has 2 aromatic carbocycles. The van der Waals surface area contributed by atoms with Crippen LogP contribution in [0.4, 0.5) is 4.39 Å². The van der Waals surface area contributed by atoms with Gasteiger partial charge in [0.15, 0.2) is 11.4 Å². The van der Waals surface area contributed by atoms with Crippen molar-refractivity contribution in [3.8, 4) is 11.5 Å². The van der Waals surface area contributed by atoms with E-state index >= 15 is 0 Å². The SMILES string of the molecule is COc1cc(OCCCN2CCC(c3noc4cc(F)ccc34)CC2)ccc1C(C)=O.Cl. The molecule has 0 saturated carbocycles. The third-order valence-electron chi connectivity index (χ3n) is 5.88. The number of piperidine rings is 1. The highest BCUT2D eigenvalue weighted by atomic mass is 35.5. The van der Waals surface area contributed by atoms with E-state index in [2.05, 4.69) is 10.1 Å². The number of fused-ring (bicyclic) bond motifs is 1. The van der Waals surface area contributed by atoms with Crippen molar-refractivity contribution in [1.29, 1.82) is 0 Å². The minimum atomic E-state index is -0.305. The molecule has 0 aliphatic carbocycles. The number of ether oxygens (including phenoxy) is 2. The van der Waals surface area contributed by atoms with Gasteiger partial charge < -0.3 is 18.9 Å². The third kappa shape index (κ3) is 5.40. The fraction of sp³-hybridized carbons (Fsp3) is 0.417. The number of likely N-dealkylation sites (tertiary alicyclic amines) is 1. The summed E-state index contributed by atoms with van der Waals surface area (Å²) in [6, 6.07) is 9.92. The largest absolute Gasteiger partial charge is 0.496 e. The molecule has 1 aliphatic rings. The first-order valence-electron chi connectivity index (χ1n) is 10.6. The van der Waals surface area contributed by atoms with Gasteiger partial charge in [0.1, 0.15) is 17.3 Å². The molecule has 0 bridgehead atoms. The van der Waals surface area contributed by atoms with Crippen molar-refractivity contribution in [3.63, 3.8) is 0 Å². The van der Waals surface area contributed by atoms with Crippen LogP contribution in [0.1, 0.15) is 48.2 Å². The molecule has 0 amide bonds. The molecule has 2 heterocycles. The highest BCUT2D eigenvalue weighted by molar-refractivity contribution is 5.97. The molecule has 8 heteroatoms. The molecule has 3 aromatic rings. The molecular formula is C24H28ClFN2O4. The van der Waals surface area contributed by atoms with Crippen LogP contribution in [0.2, 0.25) is 0 Å². The van der Waals surface area contributed by atoms with Crippen molar-refractivity contribution >= 4 is 29.2 Å². The molecule has 4 rings (SSSR count). The van der Waals surface area contributed by atoms with Crippen molar-refractivity contribution in [2.75, 3.05) is 33.4 Å². The van der Waals surface area contributed by atoms with Crippen LogP contribution >= 0.6 is 12.4 Å². The van der Waals surface area contributed by atoms with E-state index in [9.17, 15) is 9.18 Å². The molecule has 0 radical (unpaired) electrons. The van der Waals surface area contributed by atoms with Crippen molar-refractivity contribution in [3.05, 3.63) is 53.5 Å². The average Bonchev–Trinajstić information content (AvgIpc) is 3.19. The maximum absolute atomic E-state index is 13.4. The van der Waals surface area contributed by atoms with Gasteiger partial charge in [0.25, 0.3) is 0 Å². The summed E-state index contributed by atoms with van der Waals surface area (Å²) in [4.78, 5) is 14.0. The lowest BCUT2D eigenvalue weighted by atomic mass is 9.91. The summed E-state index contributed by atoms with van der Waals surface area (Å²) in [6.45, 7) is 5.05. The lowest BCUT2D eigenvalue weighted by Gasteiger charge is -2.31. The number of benzene rings is 2. The van der Waals surface area contributed by atoms with Gasteiger partial charge in [-0.15, -0.1) is 12.4 Å². The highest BCUT2D eigenvalue weighted by Crippen LogP contribution is 2.33. The Balaban J connectivity index is 0.00000289. The number of aromatic nitrogens is 1. The van der Waals surface area contributed by atoms with E-state index in [-0.39, 0.29) is 24.0 Å². The van der Waals surface area contributed by atoms with Crippen LogP contribution in [0.15, 0.2) is 40.9 Å². The number of Topliss-reactive ketones (excluding diaryl/α,β-unsaturated/α-hetero) is 1. The van der Waals surface area contributed by atoms with E-state index in [0.29, 0.717) is 35.2 Å². The summed E-state index contributed by atoms with van der Waals surface area (Å²) in [7, 11) is 1.55. The fourth-order valence-corrected chi connectivity index (χ4v) is 4.19. The number of hydrogen-bond acceptors (Lipinski definition) is 6. The van der Waals surface area contributed by atoms with Crippen LogP contribution in [0, 0.1) is 5.82 Å². The van der Waals surface area contributed by atoms with Crippen molar-refractivity contribution in [2.45, 2.75) is 32.1 Å². The van der Waals surface area contributed by atoms with Crippen LogP contribution in [0.25, 0.3) is 11.0 Å². The zero-order valence-corrected chi connectivity index (χ0v) is 19.1. The van der Waals surface area contributed by atoms with E-state index in [1.807, 2.05) is 0 Å². The van der Waals surface area contributed by atoms with Gasteiger partial charge in [-0.2, -0.15) is 0 Å². The van der Waals surface area contributed by atoms with Crippen molar-refractivity contribution in [2.24, 2.45) is 0 Å². The molecule has 0 spiro atoms. The Morgan fingerprint density at radius 1 is 1.22 bits per heavy atom. The van der Waals surface area contributed by atoms with Gasteiger partial charge >= 0.3 is 0 Å². The Hall–Kier alpha value is -2.64. The first-order valence-corrected chi connectivity index (χ1v) is 10.6. The summed E-state index contributed by atoms with van der Waals surface area (Å²) in [5.74, 6) is 1.25. The monoisotopic (exact) mass is 462 g/mol. The zero-order valence-electron chi connectivity index (χ0n) is 18.3. The van der Waals surface area contributed by atoms with E-state index < -0.39 is 0 Å². The van der Waals surface area contributed by atoms with Gasteiger partial charge in [-0.3, -0.25) is 4.79 Å². The predicted molar refractivity (Wildman–Crippen MR) is 123 cm³/mol. The van der Waals surface area contributed by atoms with Crippen LogP contribution in [-0.4, -0.2) is 49.2 Å². The summed E-state index contributed by atoms with van der Waals surface area (Å²) < 4.78 is 29.8. The predicted octanol–water partition coefficient (Wildman–Crippen LogP) is 5.25. The lowest BCUT2D eigenvalue weighted by Crippen LogP contribution is -2.34. The molecule has 0 N–H and O–H groups in total. The van der Waals surface area contributed by atoms with E-state index in [1.54, 1.807) is 31.4 Å². The Kier molecular flexibility index (Phi) is 8.10. The second-order valence-electron chi connectivity index (χ2n) is 7.94. The van der Waals surface area contributed by atoms with Gasteiger partial charge in [0.05, 0.1) is 25.0 Å². The minimum Gasteiger partial charge on any atom is -0.496 e. The summed E-state index contributed by atoms with van der Waals surface area (Å²) in [6.07, 6.45) is 2.92. The van der Waals surface area contributed by atoms with Gasteiger partial charge in [0.2, 0.25) is 0 Å². The number of carbonyl (C=O) groups is 1. The van der Waals surface area contributed by atoms with E-state index in [1.165, 1.54) is 19.1 Å². The number of halogens is 2. The maximum Gasteiger partial charge on any atom is 0.170 e. The Bertz CT molecular complexity index is 1060. The quantitative estimate of drug-likeness (QED) is 0.336. The summed E-state index contributed by atoms with van der Waals surface area (Å²) >= 11 is 0. The molecule has 32 heavy (non-hydrogen) atoms. The van der Waals surface area contributed by atoms with E-state index in [0.717, 1.165) is 50.0 Å². The second-order valence-corrected chi connectivity index (χ2v) is 7.94. The average molecular weight is 463 g/mol. The van der Waals surface area contributed by atoms with Gasteiger partial charge in [-0.1, -0.05) is 5.16 Å². The normalized spacial score (nSPS) is 14.8. The van der Waals surface area contributed by atoms with Crippen molar-refractivity contribution < 1.29 is 23.2 Å². The van der Waals surface area contributed by atoms with Gasteiger partial charge in [0, 0.05) is 30.0 Å². The van der Waals surface area contributed by atoms with Gasteiger partial charge in [-0.25, -0.2) is 4.39 Å². The second kappa shape index (κ2) is 10.8. The summed E-state index contributed by atoms with van der Waals surface area (Å²) in [5.41, 5.74) is 2.02. The number of hydrogen-bond donors (Lipinski definition) is 0. The summed E-state index contributed by atoms with van der Waals surface area (Å²) in [5, 5.41) is 5.13. The molecule has 1 fully saturated rings. The zero-order chi connectivity index (χ0) is 21.8. The molecule has 0 unspecified atom stereocenters. The van der Waals surface area contributed by atoms with Crippen LogP contribution < -0.4 is 9.47 Å². The molecule has 172 valence electrons. The first-order chi connectivity index (χ1) is 15.0. The standard InChI is InChI=1S/C24H27FN2O4.ClH/c1-16(28)20-7-5-19(15-22(20)29-2)30-13-3-10-27-11-8-17(9-12-27)24-21-6-4-18(25)14-23(21)31-26-24;/h4-7,14-15,17H,3,8-13H2,1-2H3;1H. The van der Waals surface area contributed by atoms with Crippen molar-refractivity contribution in [1.82, 2.24) is 10.1 Å². The minimum absolute atomic E-state index is 0. The number of ketones is 1. The number of rotatable bonds is 8. The lowest BCUT2D eigenvalue weighted by molar-refractivity contribution is 0.101. The van der Waals surface area contributed by atoms with Crippen LogP contribution in [0.3, 0.4) is 0 Å². The number of methoxy groups -OCH3 is 1. The highest BCUT2D eigenvalue weighted by Gasteiger charge is 2.25. The maximum atomic E-state index is 13.4. The number of nitrogens with zero attached hydrogens (tertiary/aromatic N) is 2. The third-order valence-corrected chi connectivity index (χ3v) is 5.88. The topological polar surface area (TPSA) is 64.8 Å². The number of carbonyl (C=O) groups excluding carboxylic acids is 1. The molecule has 6 nitrogen and oxygen atoms in total. The van der Waals surface area contributed by atoms with Gasteiger partial charge in [-0.05, 0) is 63.5 Å². The fourth-order valence-electron chi connectivity index (χ4n) is 4.19. The Morgan fingerprint density at radius 3 is 2.72 bits per heavy atom. The smallest absolute Gasteiger partial charge is 0.170 e.